The molecule has 0 saturated carbocycles. The maximum atomic E-state index is 10.7. The van der Waals surface area contributed by atoms with Crippen LogP contribution < -0.4 is 5.32 Å². The van der Waals surface area contributed by atoms with Gasteiger partial charge in [-0.1, -0.05) is 0 Å². The quantitative estimate of drug-likeness (QED) is 0.496. The SMILES string of the molecule is O=C(O)C(=O)Nc1ccc(S(=O)(=O)O)cc1. The normalized spacial score (nSPS) is 10.8. The summed E-state index contributed by atoms with van der Waals surface area (Å²) in [5.74, 6) is -2.89. The Balaban J connectivity index is 2.88. The summed E-state index contributed by atoms with van der Waals surface area (Å²) in [7, 11) is -4.29. The lowest BCUT2D eigenvalue weighted by Gasteiger charge is -2.02. The first-order valence-corrected chi connectivity index (χ1v) is 5.36. The van der Waals surface area contributed by atoms with E-state index in [1.165, 1.54) is 0 Å². The standard InChI is InChI=1S/C8H7NO6S/c10-7(8(11)12)9-5-1-3-6(4-2-5)16(13,14)15/h1-4H,(H,9,10)(H,11,12)(H,13,14,15). The van der Waals surface area contributed by atoms with Crippen LogP contribution in [0.3, 0.4) is 0 Å². The first-order valence-electron chi connectivity index (χ1n) is 3.92. The minimum Gasteiger partial charge on any atom is -0.474 e. The molecule has 0 heterocycles. The number of aliphatic carboxylic acids is 1. The highest BCUT2D eigenvalue weighted by atomic mass is 32.2. The molecule has 0 fully saturated rings. The molecule has 86 valence electrons. The third kappa shape index (κ3) is 3.04. The van der Waals surface area contributed by atoms with E-state index in [1.807, 2.05) is 5.32 Å². The summed E-state index contributed by atoms with van der Waals surface area (Å²) in [4.78, 5) is 20.6. The van der Waals surface area contributed by atoms with Gasteiger partial charge in [0.15, 0.2) is 0 Å². The van der Waals surface area contributed by atoms with Gasteiger partial charge < -0.3 is 10.4 Å². The Labute approximate surface area is 90.5 Å². The first kappa shape index (κ1) is 12.1. The second-order valence-electron chi connectivity index (χ2n) is 2.76. The van der Waals surface area contributed by atoms with Crippen molar-refractivity contribution in [2.75, 3.05) is 5.32 Å². The number of rotatable bonds is 2. The zero-order valence-electron chi connectivity index (χ0n) is 7.75. The van der Waals surface area contributed by atoms with Gasteiger partial charge in [-0.05, 0) is 24.3 Å². The van der Waals surface area contributed by atoms with Crippen LogP contribution in [0.4, 0.5) is 5.69 Å². The van der Waals surface area contributed by atoms with Gasteiger partial charge in [-0.3, -0.25) is 9.35 Å². The largest absolute Gasteiger partial charge is 0.474 e. The Hall–Kier alpha value is -1.93. The summed E-state index contributed by atoms with van der Waals surface area (Å²) in [6.45, 7) is 0. The first-order chi connectivity index (χ1) is 7.30. The number of amides is 1. The second kappa shape index (κ2) is 4.29. The van der Waals surface area contributed by atoms with Gasteiger partial charge in [-0.2, -0.15) is 8.42 Å². The van der Waals surface area contributed by atoms with E-state index < -0.39 is 22.0 Å². The molecule has 0 unspecified atom stereocenters. The number of carboxylic acid groups (broad SMARTS) is 1. The van der Waals surface area contributed by atoms with Crippen molar-refractivity contribution in [2.24, 2.45) is 0 Å². The molecule has 0 radical (unpaired) electrons. The van der Waals surface area contributed by atoms with Gasteiger partial charge >= 0.3 is 11.9 Å². The molecule has 8 heteroatoms. The number of anilines is 1. The van der Waals surface area contributed by atoms with Crippen LogP contribution in [0.15, 0.2) is 29.2 Å². The van der Waals surface area contributed by atoms with Gasteiger partial charge in [0.1, 0.15) is 0 Å². The van der Waals surface area contributed by atoms with Gasteiger partial charge in [0.2, 0.25) is 0 Å². The highest BCUT2D eigenvalue weighted by molar-refractivity contribution is 7.85. The summed E-state index contributed by atoms with van der Waals surface area (Å²) < 4.78 is 29.9. The zero-order chi connectivity index (χ0) is 12.3. The molecule has 1 rings (SSSR count). The van der Waals surface area contributed by atoms with E-state index in [4.69, 9.17) is 9.66 Å². The van der Waals surface area contributed by atoms with E-state index >= 15 is 0 Å². The number of hydrogen-bond donors (Lipinski definition) is 3. The fraction of sp³-hybridized carbons (Fsp3) is 0. The Morgan fingerprint density at radius 3 is 2.00 bits per heavy atom. The molecule has 0 spiro atoms. The lowest BCUT2D eigenvalue weighted by molar-refractivity contribution is -0.147. The van der Waals surface area contributed by atoms with E-state index in [9.17, 15) is 18.0 Å². The predicted molar refractivity (Wildman–Crippen MR) is 52.5 cm³/mol. The lowest BCUT2D eigenvalue weighted by Crippen LogP contribution is -2.21. The Morgan fingerprint density at radius 2 is 1.62 bits per heavy atom. The van der Waals surface area contributed by atoms with Crippen molar-refractivity contribution >= 4 is 27.7 Å². The maximum absolute atomic E-state index is 10.7. The maximum Gasteiger partial charge on any atom is 0.394 e. The molecule has 1 aromatic rings. The summed E-state index contributed by atoms with van der Waals surface area (Å²) >= 11 is 0. The van der Waals surface area contributed by atoms with Crippen LogP contribution in [0, 0.1) is 0 Å². The molecule has 0 aliphatic carbocycles. The molecule has 0 aromatic heterocycles. The Morgan fingerprint density at radius 1 is 1.12 bits per heavy atom. The molecule has 0 aliphatic rings. The van der Waals surface area contributed by atoms with Crippen LogP contribution in [0.2, 0.25) is 0 Å². The zero-order valence-corrected chi connectivity index (χ0v) is 8.56. The number of carbonyl (C=O) groups excluding carboxylic acids is 1. The van der Waals surface area contributed by atoms with Crippen LogP contribution in [0.25, 0.3) is 0 Å². The minimum atomic E-state index is -4.29. The van der Waals surface area contributed by atoms with E-state index in [2.05, 4.69) is 0 Å². The molecular formula is C8H7NO6S. The highest BCUT2D eigenvalue weighted by Crippen LogP contribution is 2.13. The third-order valence-corrected chi connectivity index (χ3v) is 2.47. The molecule has 0 aliphatic heterocycles. The smallest absolute Gasteiger partial charge is 0.394 e. The van der Waals surface area contributed by atoms with Crippen molar-refractivity contribution in [1.82, 2.24) is 0 Å². The monoisotopic (exact) mass is 245 g/mol. The molecule has 1 amide bonds. The molecule has 7 nitrogen and oxygen atoms in total. The highest BCUT2D eigenvalue weighted by Gasteiger charge is 2.12. The lowest BCUT2D eigenvalue weighted by atomic mass is 10.3. The molecule has 16 heavy (non-hydrogen) atoms. The van der Waals surface area contributed by atoms with Crippen LogP contribution in [0.1, 0.15) is 0 Å². The van der Waals surface area contributed by atoms with Crippen LogP contribution in [-0.4, -0.2) is 30.0 Å². The number of carbonyl (C=O) groups is 2. The van der Waals surface area contributed by atoms with Gasteiger partial charge in [0.25, 0.3) is 10.1 Å². The molecule has 0 saturated heterocycles. The molecule has 0 atom stereocenters. The summed E-state index contributed by atoms with van der Waals surface area (Å²) in [5, 5.41) is 10.3. The number of nitrogens with one attached hydrogen (secondary N) is 1. The van der Waals surface area contributed by atoms with E-state index in [1.54, 1.807) is 0 Å². The van der Waals surface area contributed by atoms with E-state index in [0.29, 0.717) is 0 Å². The van der Waals surface area contributed by atoms with Gasteiger partial charge in [-0.15, -0.1) is 0 Å². The number of hydrogen-bond acceptors (Lipinski definition) is 4. The Kier molecular flexibility index (Phi) is 3.25. The molecule has 3 N–H and O–H groups in total. The second-order valence-corrected chi connectivity index (χ2v) is 4.18. The van der Waals surface area contributed by atoms with Crippen molar-refractivity contribution in [1.29, 1.82) is 0 Å². The number of benzene rings is 1. The van der Waals surface area contributed by atoms with Crippen LogP contribution in [-0.2, 0) is 19.7 Å². The Bertz CT molecular complexity index is 518. The fourth-order valence-electron chi connectivity index (χ4n) is 0.895. The average molecular weight is 245 g/mol. The van der Waals surface area contributed by atoms with Crippen molar-refractivity contribution in [2.45, 2.75) is 4.90 Å². The predicted octanol–water partition coefficient (Wildman–Crippen LogP) is -0.0436. The fourth-order valence-corrected chi connectivity index (χ4v) is 1.37. The summed E-state index contributed by atoms with van der Waals surface area (Å²) in [6, 6.07) is 4.38. The van der Waals surface area contributed by atoms with E-state index in [-0.39, 0.29) is 10.6 Å². The van der Waals surface area contributed by atoms with Gasteiger partial charge in [0, 0.05) is 5.69 Å². The van der Waals surface area contributed by atoms with Crippen LogP contribution >= 0.6 is 0 Å². The van der Waals surface area contributed by atoms with Crippen molar-refractivity contribution in [3.8, 4) is 0 Å². The van der Waals surface area contributed by atoms with Gasteiger partial charge in [-0.25, -0.2) is 4.79 Å². The average Bonchev–Trinajstić information content (AvgIpc) is 2.17. The number of carboxylic acids is 1. The van der Waals surface area contributed by atoms with Crippen molar-refractivity contribution < 1.29 is 27.7 Å². The van der Waals surface area contributed by atoms with Crippen LogP contribution in [0.5, 0.6) is 0 Å². The third-order valence-electron chi connectivity index (χ3n) is 1.60. The van der Waals surface area contributed by atoms with Gasteiger partial charge in [0.05, 0.1) is 4.90 Å². The van der Waals surface area contributed by atoms with E-state index in [0.717, 1.165) is 24.3 Å². The topological polar surface area (TPSA) is 121 Å². The molecular weight excluding hydrogens is 238 g/mol. The summed E-state index contributed by atoms with van der Waals surface area (Å²) in [6.07, 6.45) is 0. The van der Waals surface area contributed by atoms with Crippen molar-refractivity contribution in [3.63, 3.8) is 0 Å². The molecule has 0 bridgehead atoms. The minimum absolute atomic E-state index is 0.111. The molecule has 1 aromatic carbocycles. The summed E-state index contributed by atoms with van der Waals surface area (Å²) in [5.41, 5.74) is 0.111. The van der Waals surface area contributed by atoms with Crippen molar-refractivity contribution in [3.05, 3.63) is 24.3 Å².